The van der Waals surface area contributed by atoms with Crippen molar-refractivity contribution in [2.75, 3.05) is 0 Å². The first-order valence-electron chi connectivity index (χ1n) is 5.03. The van der Waals surface area contributed by atoms with Crippen LogP contribution < -0.4 is 0 Å². The number of rotatable bonds is 1. The Kier molecular flexibility index (Phi) is 2.96. The Hall–Kier alpha value is -0.980. The van der Waals surface area contributed by atoms with Gasteiger partial charge in [0.25, 0.3) is 0 Å². The first kappa shape index (κ1) is 11.5. The normalized spacial score (nSPS) is 11.8. The molecule has 16 heavy (non-hydrogen) atoms. The molecule has 0 saturated heterocycles. The van der Waals surface area contributed by atoms with E-state index in [1.54, 1.807) is 4.80 Å². The van der Waals surface area contributed by atoms with Crippen LogP contribution in [-0.2, 0) is 5.54 Å². The zero-order valence-corrected chi connectivity index (χ0v) is 11.6. The third-order valence-corrected chi connectivity index (χ3v) is 2.84. The zero-order chi connectivity index (χ0) is 11.8. The Morgan fingerprint density at radius 3 is 2.25 bits per heavy atom. The van der Waals surface area contributed by atoms with Gasteiger partial charge in [0.1, 0.15) is 0 Å². The first-order valence-corrected chi connectivity index (χ1v) is 6.11. The average Bonchev–Trinajstić information content (AvgIpc) is 2.67. The quantitative estimate of drug-likeness (QED) is 0.756. The van der Waals surface area contributed by atoms with Gasteiger partial charge in [-0.3, -0.25) is 0 Å². The van der Waals surface area contributed by atoms with Crippen LogP contribution in [0.3, 0.4) is 0 Å². The van der Waals surface area contributed by atoms with Gasteiger partial charge in [0.2, 0.25) is 5.82 Å². The van der Waals surface area contributed by atoms with Crippen LogP contribution in [0.4, 0.5) is 0 Å². The third-order valence-electron chi connectivity index (χ3n) is 2.12. The van der Waals surface area contributed by atoms with Crippen molar-refractivity contribution in [3.8, 4) is 11.4 Å². The average molecular weight is 328 g/mol. The summed E-state index contributed by atoms with van der Waals surface area (Å²) in [6, 6.07) is 8.08. The van der Waals surface area contributed by atoms with Crippen LogP contribution in [0.2, 0.25) is 0 Å². The van der Waals surface area contributed by atoms with Crippen molar-refractivity contribution in [3.63, 3.8) is 0 Å². The number of halogens is 1. The maximum atomic E-state index is 4.37. The van der Waals surface area contributed by atoms with Crippen molar-refractivity contribution < 1.29 is 0 Å². The van der Waals surface area contributed by atoms with E-state index in [0.29, 0.717) is 5.82 Å². The number of benzene rings is 1. The minimum absolute atomic E-state index is 0.131. The molecule has 1 aromatic carbocycles. The van der Waals surface area contributed by atoms with Gasteiger partial charge in [0, 0.05) is 9.13 Å². The summed E-state index contributed by atoms with van der Waals surface area (Å²) < 4.78 is 1.20. The maximum Gasteiger partial charge on any atom is 0.204 e. The molecule has 0 unspecified atom stereocenters. The summed E-state index contributed by atoms with van der Waals surface area (Å²) in [7, 11) is 0. The molecule has 0 N–H and O–H groups in total. The Labute approximate surface area is 108 Å². The SMILES string of the molecule is CC(C)(C)n1nnc(-c2ccc(I)cc2)n1. The smallest absolute Gasteiger partial charge is 0.158 e. The summed E-state index contributed by atoms with van der Waals surface area (Å²) in [4.78, 5) is 1.64. The van der Waals surface area contributed by atoms with Crippen LogP contribution in [0.1, 0.15) is 20.8 Å². The molecule has 0 amide bonds. The van der Waals surface area contributed by atoms with Crippen molar-refractivity contribution in [2.24, 2.45) is 0 Å². The second-order valence-electron chi connectivity index (χ2n) is 4.58. The molecule has 2 rings (SSSR count). The summed E-state index contributed by atoms with van der Waals surface area (Å²) in [5.74, 6) is 0.673. The molecule has 1 aromatic heterocycles. The lowest BCUT2D eigenvalue weighted by atomic mass is 10.1. The summed E-state index contributed by atoms with van der Waals surface area (Å²) >= 11 is 2.27. The fourth-order valence-electron chi connectivity index (χ4n) is 1.21. The molecule has 0 bridgehead atoms. The predicted molar refractivity (Wildman–Crippen MR) is 71.0 cm³/mol. The molecule has 0 aliphatic rings. The summed E-state index contributed by atoms with van der Waals surface area (Å²) in [5.41, 5.74) is 0.866. The topological polar surface area (TPSA) is 43.6 Å². The van der Waals surface area contributed by atoms with E-state index in [0.717, 1.165) is 5.56 Å². The number of tetrazole rings is 1. The standard InChI is InChI=1S/C11H13IN4/c1-11(2,3)16-14-10(13-15-16)8-4-6-9(12)7-5-8/h4-7H,1-3H3. The highest BCUT2D eigenvalue weighted by molar-refractivity contribution is 14.1. The van der Waals surface area contributed by atoms with E-state index in [1.807, 2.05) is 45.0 Å². The Balaban J connectivity index is 2.35. The van der Waals surface area contributed by atoms with Gasteiger partial charge in [0.15, 0.2) is 0 Å². The Bertz CT molecular complexity index is 481. The minimum atomic E-state index is -0.131. The lowest BCUT2D eigenvalue weighted by molar-refractivity contribution is 0.306. The molecule has 0 fully saturated rings. The number of nitrogens with zero attached hydrogens (tertiary/aromatic N) is 4. The van der Waals surface area contributed by atoms with E-state index >= 15 is 0 Å². The highest BCUT2D eigenvalue weighted by Gasteiger charge is 2.17. The number of hydrogen-bond donors (Lipinski definition) is 0. The van der Waals surface area contributed by atoms with Crippen molar-refractivity contribution in [1.29, 1.82) is 0 Å². The highest BCUT2D eigenvalue weighted by Crippen LogP contribution is 2.17. The second kappa shape index (κ2) is 4.12. The molecule has 2 aromatic rings. The Morgan fingerprint density at radius 2 is 1.75 bits per heavy atom. The molecule has 0 aliphatic heterocycles. The summed E-state index contributed by atoms with van der Waals surface area (Å²) in [5, 5.41) is 12.5. The molecule has 1 heterocycles. The van der Waals surface area contributed by atoms with E-state index in [4.69, 9.17) is 0 Å². The Morgan fingerprint density at radius 1 is 1.12 bits per heavy atom. The van der Waals surface area contributed by atoms with Crippen molar-refractivity contribution in [3.05, 3.63) is 27.8 Å². The van der Waals surface area contributed by atoms with E-state index in [-0.39, 0.29) is 5.54 Å². The molecule has 5 heteroatoms. The van der Waals surface area contributed by atoms with Gasteiger partial charge < -0.3 is 0 Å². The molecule has 4 nitrogen and oxygen atoms in total. The molecule has 0 aliphatic carbocycles. The maximum absolute atomic E-state index is 4.37. The van der Waals surface area contributed by atoms with Gasteiger partial charge in [-0.1, -0.05) is 12.1 Å². The molecule has 0 saturated carbocycles. The van der Waals surface area contributed by atoms with E-state index < -0.39 is 0 Å². The van der Waals surface area contributed by atoms with Crippen LogP contribution in [0.15, 0.2) is 24.3 Å². The molecular formula is C11H13IN4. The summed E-state index contributed by atoms with van der Waals surface area (Å²) in [6.07, 6.45) is 0. The monoisotopic (exact) mass is 328 g/mol. The molecule has 0 spiro atoms. The summed E-state index contributed by atoms with van der Waals surface area (Å²) in [6.45, 7) is 6.14. The van der Waals surface area contributed by atoms with E-state index in [2.05, 4.69) is 38.0 Å². The largest absolute Gasteiger partial charge is 0.204 e. The second-order valence-corrected chi connectivity index (χ2v) is 5.83. The van der Waals surface area contributed by atoms with Crippen LogP contribution >= 0.6 is 22.6 Å². The molecular weight excluding hydrogens is 315 g/mol. The van der Waals surface area contributed by atoms with Gasteiger partial charge in [-0.2, -0.15) is 4.80 Å². The molecule has 0 atom stereocenters. The van der Waals surface area contributed by atoms with Gasteiger partial charge >= 0.3 is 0 Å². The van der Waals surface area contributed by atoms with Gasteiger partial charge in [-0.25, -0.2) is 0 Å². The van der Waals surface area contributed by atoms with Gasteiger partial charge in [-0.05, 0) is 60.7 Å². The van der Waals surface area contributed by atoms with Crippen molar-refractivity contribution >= 4 is 22.6 Å². The van der Waals surface area contributed by atoms with Gasteiger partial charge in [-0.15, -0.1) is 10.2 Å². The van der Waals surface area contributed by atoms with Crippen LogP contribution in [0.5, 0.6) is 0 Å². The van der Waals surface area contributed by atoms with Crippen LogP contribution in [0, 0.1) is 3.57 Å². The lowest BCUT2D eigenvalue weighted by Crippen LogP contribution is -2.24. The lowest BCUT2D eigenvalue weighted by Gasteiger charge is -2.15. The first-order chi connectivity index (χ1) is 7.47. The van der Waals surface area contributed by atoms with E-state index in [1.165, 1.54) is 3.57 Å². The zero-order valence-electron chi connectivity index (χ0n) is 9.48. The van der Waals surface area contributed by atoms with Crippen molar-refractivity contribution in [2.45, 2.75) is 26.3 Å². The minimum Gasteiger partial charge on any atom is -0.158 e. The van der Waals surface area contributed by atoms with Gasteiger partial charge in [0.05, 0.1) is 5.54 Å². The van der Waals surface area contributed by atoms with Crippen molar-refractivity contribution in [1.82, 2.24) is 20.2 Å². The third kappa shape index (κ3) is 2.40. The fraction of sp³-hybridized carbons (Fsp3) is 0.364. The highest BCUT2D eigenvalue weighted by atomic mass is 127. The predicted octanol–water partition coefficient (Wildman–Crippen LogP) is 2.70. The molecule has 84 valence electrons. The number of aromatic nitrogens is 4. The molecule has 0 radical (unpaired) electrons. The fourth-order valence-corrected chi connectivity index (χ4v) is 1.57. The van der Waals surface area contributed by atoms with E-state index in [9.17, 15) is 0 Å². The van der Waals surface area contributed by atoms with Crippen LogP contribution in [-0.4, -0.2) is 20.2 Å². The number of hydrogen-bond acceptors (Lipinski definition) is 3. The van der Waals surface area contributed by atoms with Crippen LogP contribution in [0.25, 0.3) is 11.4 Å².